The standard InChI is InChI=1S/C16H16N2O5S/c19-15-10-13(23-9-8-12-4-2-1-3-5-12)6-7-14(15)18-16(20)11-17-24(18,21)22/h1-7,10-11,17,19-20H,8-9H2. The van der Waals surface area contributed by atoms with E-state index in [2.05, 4.69) is 0 Å². The number of phenols is 1. The highest BCUT2D eigenvalue weighted by Crippen LogP contribution is 2.35. The summed E-state index contributed by atoms with van der Waals surface area (Å²) in [5.74, 6) is -0.442. The van der Waals surface area contributed by atoms with Crippen molar-refractivity contribution < 1.29 is 23.4 Å². The fraction of sp³-hybridized carbons (Fsp3) is 0.125. The Kier molecular flexibility index (Phi) is 4.22. The van der Waals surface area contributed by atoms with Crippen LogP contribution in [-0.4, -0.2) is 25.2 Å². The van der Waals surface area contributed by atoms with Crippen molar-refractivity contribution in [1.29, 1.82) is 0 Å². The van der Waals surface area contributed by atoms with Crippen molar-refractivity contribution >= 4 is 15.9 Å². The van der Waals surface area contributed by atoms with Gasteiger partial charge in [-0.3, -0.25) is 4.72 Å². The van der Waals surface area contributed by atoms with Crippen molar-refractivity contribution in [3.05, 3.63) is 66.2 Å². The third-order valence-electron chi connectivity index (χ3n) is 3.45. The molecule has 0 radical (unpaired) electrons. The molecule has 0 saturated carbocycles. The van der Waals surface area contributed by atoms with Gasteiger partial charge in [0.15, 0.2) is 0 Å². The zero-order valence-corrected chi connectivity index (χ0v) is 13.4. The number of nitrogens with zero attached hydrogens (tertiary/aromatic N) is 1. The smallest absolute Gasteiger partial charge is 0.330 e. The molecule has 24 heavy (non-hydrogen) atoms. The van der Waals surface area contributed by atoms with E-state index in [1.54, 1.807) is 0 Å². The van der Waals surface area contributed by atoms with Gasteiger partial charge in [0.25, 0.3) is 0 Å². The molecule has 0 saturated heterocycles. The maximum Gasteiger partial charge on any atom is 0.330 e. The van der Waals surface area contributed by atoms with Gasteiger partial charge >= 0.3 is 10.2 Å². The molecule has 3 N–H and O–H groups in total. The molecule has 3 rings (SSSR count). The van der Waals surface area contributed by atoms with Crippen LogP contribution in [-0.2, 0) is 16.6 Å². The summed E-state index contributed by atoms with van der Waals surface area (Å²) in [6.45, 7) is 0.414. The molecule has 0 atom stereocenters. The molecular weight excluding hydrogens is 332 g/mol. The van der Waals surface area contributed by atoms with Gasteiger partial charge in [-0.1, -0.05) is 30.3 Å². The van der Waals surface area contributed by atoms with Gasteiger partial charge in [0.05, 0.1) is 12.8 Å². The molecule has 126 valence electrons. The molecular formula is C16H16N2O5S. The van der Waals surface area contributed by atoms with Crippen LogP contribution in [0.3, 0.4) is 0 Å². The van der Waals surface area contributed by atoms with E-state index in [4.69, 9.17) is 4.74 Å². The molecule has 0 aromatic heterocycles. The Labute approximate surface area is 139 Å². The molecule has 0 unspecified atom stereocenters. The summed E-state index contributed by atoms with van der Waals surface area (Å²) in [6.07, 6.45) is 1.64. The second kappa shape index (κ2) is 6.32. The summed E-state index contributed by atoms with van der Waals surface area (Å²) in [5, 5.41) is 19.7. The third-order valence-corrected chi connectivity index (χ3v) is 4.73. The number of ether oxygens (including phenoxy) is 1. The van der Waals surface area contributed by atoms with Gasteiger partial charge in [0.1, 0.15) is 17.2 Å². The Morgan fingerprint density at radius 3 is 2.46 bits per heavy atom. The SMILES string of the molecule is O=S1(=O)NC=C(O)N1c1ccc(OCCc2ccccc2)cc1O. The molecule has 2 aromatic carbocycles. The quantitative estimate of drug-likeness (QED) is 0.768. The first-order chi connectivity index (χ1) is 11.5. The highest BCUT2D eigenvalue weighted by atomic mass is 32.2. The number of hydrogen-bond acceptors (Lipinski definition) is 5. The highest BCUT2D eigenvalue weighted by molar-refractivity contribution is 7.91. The lowest BCUT2D eigenvalue weighted by atomic mass is 10.2. The van der Waals surface area contributed by atoms with Gasteiger partial charge in [-0.15, -0.1) is 0 Å². The van der Waals surface area contributed by atoms with Crippen molar-refractivity contribution in [2.24, 2.45) is 0 Å². The predicted molar refractivity (Wildman–Crippen MR) is 89.0 cm³/mol. The number of anilines is 1. The lowest BCUT2D eigenvalue weighted by Crippen LogP contribution is -2.30. The average molecular weight is 348 g/mol. The van der Waals surface area contributed by atoms with Crippen LogP contribution in [0.5, 0.6) is 11.5 Å². The van der Waals surface area contributed by atoms with Gasteiger partial charge in [-0.05, 0) is 17.7 Å². The van der Waals surface area contributed by atoms with Gasteiger partial charge in [-0.25, -0.2) is 0 Å². The summed E-state index contributed by atoms with van der Waals surface area (Å²) >= 11 is 0. The van der Waals surface area contributed by atoms with Crippen molar-refractivity contribution in [1.82, 2.24) is 4.72 Å². The fourth-order valence-electron chi connectivity index (χ4n) is 2.31. The lowest BCUT2D eigenvalue weighted by Gasteiger charge is -2.18. The van der Waals surface area contributed by atoms with Crippen LogP contribution < -0.4 is 13.8 Å². The van der Waals surface area contributed by atoms with Crippen LogP contribution in [0.25, 0.3) is 0 Å². The summed E-state index contributed by atoms with van der Waals surface area (Å²) in [5.41, 5.74) is 1.06. The van der Waals surface area contributed by atoms with E-state index in [-0.39, 0.29) is 11.4 Å². The highest BCUT2D eigenvalue weighted by Gasteiger charge is 2.32. The molecule has 1 heterocycles. The second-order valence-electron chi connectivity index (χ2n) is 5.12. The first kappa shape index (κ1) is 16.0. The Balaban J connectivity index is 1.70. The van der Waals surface area contributed by atoms with Crippen LogP contribution in [0.1, 0.15) is 5.56 Å². The van der Waals surface area contributed by atoms with E-state index in [9.17, 15) is 18.6 Å². The number of aliphatic hydroxyl groups is 1. The van der Waals surface area contributed by atoms with Crippen LogP contribution in [0.4, 0.5) is 5.69 Å². The summed E-state index contributed by atoms with van der Waals surface area (Å²) in [7, 11) is -3.94. The summed E-state index contributed by atoms with van der Waals surface area (Å²) in [6, 6.07) is 14.0. The van der Waals surface area contributed by atoms with E-state index >= 15 is 0 Å². The number of aromatic hydroxyl groups is 1. The predicted octanol–water partition coefficient (Wildman–Crippen LogP) is 2.02. The minimum Gasteiger partial charge on any atom is -0.506 e. The van der Waals surface area contributed by atoms with E-state index < -0.39 is 16.1 Å². The van der Waals surface area contributed by atoms with Crippen molar-refractivity contribution in [2.45, 2.75) is 6.42 Å². The largest absolute Gasteiger partial charge is 0.506 e. The van der Waals surface area contributed by atoms with Crippen LogP contribution in [0, 0.1) is 0 Å². The Bertz CT molecular complexity index is 865. The van der Waals surface area contributed by atoms with Crippen LogP contribution >= 0.6 is 0 Å². The Morgan fingerprint density at radius 1 is 1.08 bits per heavy atom. The molecule has 2 aromatic rings. The number of phenolic OH excluding ortho intramolecular Hbond substituents is 1. The zero-order chi connectivity index (χ0) is 17.2. The molecule has 0 bridgehead atoms. The van der Waals surface area contributed by atoms with Crippen LogP contribution in [0.15, 0.2) is 60.6 Å². The molecule has 0 amide bonds. The molecule has 0 spiro atoms. The molecule has 7 nitrogen and oxygen atoms in total. The maximum atomic E-state index is 11.8. The molecule has 1 aliphatic heterocycles. The number of aliphatic hydroxyl groups excluding tert-OH is 1. The van der Waals surface area contributed by atoms with Crippen molar-refractivity contribution in [2.75, 3.05) is 10.9 Å². The first-order valence-corrected chi connectivity index (χ1v) is 8.63. The lowest BCUT2D eigenvalue weighted by molar-refractivity contribution is 0.320. The number of hydrogen-bond donors (Lipinski definition) is 3. The van der Waals surface area contributed by atoms with Gasteiger partial charge in [-0.2, -0.15) is 12.7 Å². The average Bonchev–Trinajstić information content (AvgIpc) is 2.82. The Hall–Kier alpha value is -2.87. The minimum atomic E-state index is -3.94. The maximum absolute atomic E-state index is 11.8. The third kappa shape index (κ3) is 3.23. The monoisotopic (exact) mass is 348 g/mol. The minimum absolute atomic E-state index is 0.0656. The zero-order valence-electron chi connectivity index (χ0n) is 12.6. The summed E-state index contributed by atoms with van der Waals surface area (Å²) < 4.78 is 31.8. The van der Waals surface area contributed by atoms with E-state index in [0.29, 0.717) is 23.1 Å². The van der Waals surface area contributed by atoms with Gasteiger partial charge < -0.3 is 14.9 Å². The van der Waals surface area contributed by atoms with Crippen LogP contribution in [0.2, 0.25) is 0 Å². The number of nitrogens with one attached hydrogen (secondary N) is 1. The summed E-state index contributed by atoms with van der Waals surface area (Å²) in [4.78, 5) is 0. The van der Waals surface area contributed by atoms with E-state index in [0.717, 1.165) is 11.8 Å². The molecule has 0 fully saturated rings. The number of rotatable bonds is 5. The molecule has 8 heteroatoms. The molecule has 0 aliphatic carbocycles. The van der Waals surface area contributed by atoms with E-state index in [1.165, 1.54) is 18.2 Å². The molecule has 1 aliphatic rings. The number of benzene rings is 2. The van der Waals surface area contributed by atoms with Crippen molar-refractivity contribution in [3.63, 3.8) is 0 Å². The van der Waals surface area contributed by atoms with Crippen molar-refractivity contribution in [3.8, 4) is 11.5 Å². The van der Waals surface area contributed by atoms with E-state index in [1.807, 2.05) is 35.1 Å². The van der Waals surface area contributed by atoms with Gasteiger partial charge in [0.2, 0.25) is 5.88 Å². The second-order valence-corrected chi connectivity index (χ2v) is 6.68. The fourth-order valence-corrected chi connectivity index (χ4v) is 3.38. The first-order valence-electron chi connectivity index (χ1n) is 7.19. The Morgan fingerprint density at radius 2 is 1.83 bits per heavy atom. The normalized spacial score (nSPS) is 15.7. The topological polar surface area (TPSA) is 99.1 Å². The van der Waals surface area contributed by atoms with Gasteiger partial charge in [0, 0.05) is 12.5 Å².